The van der Waals surface area contributed by atoms with Gasteiger partial charge in [-0.1, -0.05) is 28.9 Å². The van der Waals surface area contributed by atoms with Crippen molar-refractivity contribution < 1.29 is 9.26 Å². The number of aryl methyl sites for hydroxylation is 1. The number of benzene rings is 1. The van der Waals surface area contributed by atoms with Gasteiger partial charge in [0.15, 0.2) is 6.10 Å². The summed E-state index contributed by atoms with van der Waals surface area (Å²) in [6.07, 6.45) is 1.37. The fraction of sp³-hybridized carbons (Fsp3) is 0.188. The number of nitrogens with zero attached hydrogens (tertiary/aromatic N) is 3. The highest BCUT2D eigenvalue weighted by Gasteiger charge is 2.17. The van der Waals surface area contributed by atoms with Gasteiger partial charge in [-0.2, -0.15) is 4.98 Å². The Kier molecular flexibility index (Phi) is 3.64. The molecule has 1 aromatic carbocycles. The van der Waals surface area contributed by atoms with Gasteiger partial charge in [0.1, 0.15) is 11.4 Å². The second-order valence-corrected chi connectivity index (χ2v) is 4.74. The van der Waals surface area contributed by atoms with Crippen LogP contribution in [0.1, 0.15) is 24.5 Å². The number of hydrogen-bond donors (Lipinski definition) is 0. The SMILES string of the molecule is Cc1ccc(O[C@H](C)c2nc(-c3ccccn3)no2)cc1. The van der Waals surface area contributed by atoms with E-state index < -0.39 is 0 Å². The monoisotopic (exact) mass is 281 g/mol. The van der Waals surface area contributed by atoms with Crippen molar-refractivity contribution in [1.29, 1.82) is 0 Å². The summed E-state index contributed by atoms with van der Waals surface area (Å²) in [5.74, 6) is 1.66. The Labute approximate surface area is 122 Å². The zero-order chi connectivity index (χ0) is 14.7. The predicted molar refractivity (Wildman–Crippen MR) is 77.8 cm³/mol. The number of aromatic nitrogens is 3. The van der Waals surface area contributed by atoms with Crippen molar-refractivity contribution >= 4 is 0 Å². The average molecular weight is 281 g/mol. The molecule has 0 saturated carbocycles. The minimum absolute atomic E-state index is 0.322. The van der Waals surface area contributed by atoms with Crippen LogP contribution in [-0.2, 0) is 0 Å². The molecule has 3 rings (SSSR count). The van der Waals surface area contributed by atoms with Crippen LogP contribution in [0.4, 0.5) is 0 Å². The zero-order valence-corrected chi connectivity index (χ0v) is 11.9. The van der Waals surface area contributed by atoms with Gasteiger partial charge in [-0.15, -0.1) is 0 Å². The van der Waals surface area contributed by atoms with Crippen molar-refractivity contribution in [3.8, 4) is 17.3 Å². The van der Waals surface area contributed by atoms with Crippen LogP contribution in [0, 0.1) is 6.92 Å². The molecule has 0 aliphatic carbocycles. The highest BCUT2D eigenvalue weighted by Crippen LogP contribution is 2.22. The first-order chi connectivity index (χ1) is 10.2. The maximum absolute atomic E-state index is 5.79. The maximum Gasteiger partial charge on any atom is 0.267 e. The van der Waals surface area contributed by atoms with Crippen LogP contribution in [0.15, 0.2) is 53.2 Å². The van der Waals surface area contributed by atoms with Gasteiger partial charge in [0.2, 0.25) is 5.82 Å². The predicted octanol–water partition coefficient (Wildman–Crippen LogP) is 3.58. The van der Waals surface area contributed by atoms with Crippen LogP contribution >= 0.6 is 0 Å². The molecule has 0 amide bonds. The largest absolute Gasteiger partial charge is 0.481 e. The van der Waals surface area contributed by atoms with Crippen molar-refractivity contribution in [2.75, 3.05) is 0 Å². The second kappa shape index (κ2) is 5.75. The molecule has 0 saturated heterocycles. The topological polar surface area (TPSA) is 61.0 Å². The van der Waals surface area contributed by atoms with Gasteiger partial charge in [0.25, 0.3) is 5.89 Å². The Morgan fingerprint density at radius 3 is 2.62 bits per heavy atom. The van der Waals surface area contributed by atoms with E-state index in [4.69, 9.17) is 9.26 Å². The fourth-order valence-electron chi connectivity index (χ4n) is 1.87. The molecule has 0 aliphatic rings. The molecule has 0 aliphatic heterocycles. The quantitative estimate of drug-likeness (QED) is 0.731. The molecular formula is C16H15N3O2. The van der Waals surface area contributed by atoms with Crippen molar-refractivity contribution in [2.24, 2.45) is 0 Å². The lowest BCUT2D eigenvalue weighted by molar-refractivity contribution is 0.176. The van der Waals surface area contributed by atoms with Gasteiger partial charge < -0.3 is 9.26 Å². The lowest BCUT2D eigenvalue weighted by Gasteiger charge is -2.10. The molecule has 5 heteroatoms. The van der Waals surface area contributed by atoms with Crippen LogP contribution in [-0.4, -0.2) is 15.1 Å². The molecule has 0 bridgehead atoms. The Bertz CT molecular complexity index is 708. The summed E-state index contributed by atoms with van der Waals surface area (Å²) in [5, 5.41) is 3.93. The minimum Gasteiger partial charge on any atom is -0.481 e. The molecule has 0 N–H and O–H groups in total. The normalized spacial score (nSPS) is 12.1. The van der Waals surface area contributed by atoms with Crippen molar-refractivity contribution in [3.05, 3.63) is 60.1 Å². The lowest BCUT2D eigenvalue weighted by atomic mass is 10.2. The fourth-order valence-corrected chi connectivity index (χ4v) is 1.87. The summed E-state index contributed by atoms with van der Waals surface area (Å²) in [6, 6.07) is 13.4. The molecule has 106 valence electrons. The van der Waals surface area contributed by atoms with E-state index in [-0.39, 0.29) is 6.10 Å². The minimum atomic E-state index is -0.322. The lowest BCUT2D eigenvalue weighted by Crippen LogP contribution is -2.03. The molecule has 0 spiro atoms. The molecule has 2 aromatic heterocycles. The van der Waals surface area contributed by atoms with Crippen LogP contribution in [0.3, 0.4) is 0 Å². The van der Waals surface area contributed by atoms with E-state index in [9.17, 15) is 0 Å². The standard InChI is InChI=1S/C16H15N3O2/c1-11-6-8-13(9-7-11)20-12(2)16-18-15(19-21-16)14-5-3-4-10-17-14/h3-10,12H,1-2H3/t12-/m1/s1. The molecule has 1 atom stereocenters. The molecule has 5 nitrogen and oxygen atoms in total. The number of ether oxygens (including phenoxy) is 1. The van der Waals surface area contributed by atoms with E-state index in [1.54, 1.807) is 6.20 Å². The molecule has 3 aromatic rings. The van der Waals surface area contributed by atoms with Gasteiger partial charge in [-0.25, -0.2) is 0 Å². The van der Waals surface area contributed by atoms with E-state index in [1.165, 1.54) is 5.56 Å². The third-order valence-electron chi connectivity index (χ3n) is 3.02. The third kappa shape index (κ3) is 3.08. The summed E-state index contributed by atoms with van der Waals surface area (Å²) in [4.78, 5) is 8.52. The summed E-state index contributed by atoms with van der Waals surface area (Å²) in [5.41, 5.74) is 1.86. The molecule has 0 unspecified atom stereocenters. The highest BCUT2D eigenvalue weighted by atomic mass is 16.5. The zero-order valence-electron chi connectivity index (χ0n) is 11.9. The first kappa shape index (κ1) is 13.3. The Balaban J connectivity index is 1.75. The van der Waals surface area contributed by atoms with Gasteiger partial charge in [0.05, 0.1) is 0 Å². The molecule has 2 heterocycles. The summed E-state index contributed by atoms with van der Waals surface area (Å²) in [7, 11) is 0. The second-order valence-electron chi connectivity index (χ2n) is 4.74. The number of hydrogen-bond acceptors (Lipinski definition) is 5. The van der Waals surface area contributed by atoms with Gasteiger partial charge in [-0.05, 0) is 38.1 Å². The smallest absolute Gasteiger partial charge is 0.267 e. The average Bonchev–Trinajstić information content (AvgIpc) is 3.00. The van der Waals surface area contributed by atoms with E-state index in [2.05, 4.69) is 15.1 Å². The Morgan fingerprint density at radius 1 is 1.10 bits per heavy atom. The number of pyridine rings is 1. The first-order valence-electron chi connectivity index (χ1n) is 6.71. The highest BCUT2D eigenvalue weighted by molar-refractivity contribution is 5.47. The van der Waals surface area contributed by atoms with Crippen LogP contribution in [0.2, 0.25) is 0 Å². The third-order valence-corrected chi connectivity index (χ3v) is 3.02. The first-order valence-corrected chi connectivity index (χ1v) is 6.71. The maximum atomic E-state index is 5.79. The van der Waals surface area contributed by atoms with Crippen molar-refractivity contribution in [1.82, 2.24) is 15.1 Å². The Morgan fingerprint density at radius 2 is 1.90 bits per heavy atom. The van der Waals surface area contributed by atoms with Crippen LogP contribution in [0.25, 0.3) is 11.5 Å². The molecule has 0 fully saturated rings. The van der Waals surface area contributed by atoms with Gasteiger partial charge in [0, 0.05) is 6.20 Å². The number of rotatable bonds is 4. The van der Waals surface area contributed by atoms with Crippen molar-refractivity contribution in [3.63, 3.8) is 0 Å². The van der Waals surface area contributed by atoms with E-state index in [1.807, 2.05) is 56.3 Å². The van der Waals surface area contributed by atoms with Crippen LogP contribution < -0.4 is 4.74 Å². The van der Waals surface area contributed by atoms with E-state index >= 15 is 0 Å². The molecule has 0 radical (unpaired) electrons. The van der Waals surface area contributed by atoms with Gasteiger partial charge in [-0.3, -0.25) is 4.98 Å². The van der Waals surface area contributed by atoms with E-state index in [0.717, 1.165) is 5.75 Å². The molecule has 21 heavy (non-hydrogen) atoms. The summed E-state index contributed by atoms with van der Waals surface area (Å²) >= 11 is 0. The molecular weight excluding hydrogens is 266 g/mol. The van der Waals surface area contributed by atoms with E-state index in [0.29, 0.717) is 17.4 Å². The van der Waals surface area contributed by atoms with Gasteiger partial charge >= 0.3 is 0 Å². The van der Waals surface area contributed by atoms with Crippen molar-refractivity contribution in [2.45, 2.75) is 20.0 Å². The Hall–Kier alpha value is -2.69. The summed E-state index contributed by atoms with van der Waals surface area (Å²) < 4.78 is 11.0. The summed E-state index contributed by atoms with van der Waals surface area (Å²) in [6.45, 7) is 3.90. The van der Waals surface area contributed by atoms with Crippen LogP contribution in [0.5, 0.6) is 5.75 Å².